The normalized spacial score (nSPS) is 17.7. The molecule has 1 saturated heterocycles. The van der Waals surface area contributed by atoms with Gasteiger partial charge in [0.2, 0.25) is 5.91 Å². The van der Waals surface area contributed by atoms with Crippen LogP contribution in [0, 0.1) is 0 Å². The van der Waals surface area contributed by atoms with Gasteiger partial charge < -0.3 is 9.80 Å². The van der Waals surface area contributed by atoms with Crippen molar-refractivity contribution in [2.45, 2.75) is 45.2 Å². The van der Waals surface area contributed by atoms with Gasteiger partial charge in [-0.3, -0.25) is 13.9 Å². The first kappa shape index (κ1) is 20.8. The van der Waals surface area contributed by atoms with Crippen LogP contribution in [-0.2, 0) is 17.8 Å². The third-order valence-corrected chi connectivity index (χ3v) is 6.91. The van der Waals surface area contributed by atoms with Gasteiger partial charge in [-0.2, -0.15) is 0 Å². The first-order valence-corrected chi connectivity index (χ1v) is 11.5. The second kappa shape index (κ2) is 8.43. The van der Waals surface area contributed by atoms with Crippen molar-refractivity contribution in [1.82, 2.24) is 14.0 Å². The number of carbonyl (C=O) groups is 1. The number of para-hydroxylation sites is 3. The molecule has 0 radical (unpaired) electrons. The lowest BCUT2D eigenvalue weighted by Crippen LogP contribution is -2.49. The molecule has 1 fully saturated rings. The van der Waals surface area contributed by atoms with Gasteiger partial charge >= 0.3 is 5.69 Å². The fourth-order valence-electron chi connectivity index (χ4n) is 5.29. The number of nitrogens with zero attached hydrogens (tertiary/aromatic N) is 4. The van der Waals surface area contributed by atoms with E-state index in [1.165, 1.54) is 5.56 Å². The Kier molecular flexibility index (Phi) is 5.47. The fourth-order valence-corrected chi connectivity index (χ4v) is 5.29. The van der Waals surface area contributed by atoms with E-state index in [1.54, 1.807) is 4.57 Å². The zero-order valence-corrected chi connectivity index (χ0v) is 18.7. The van der Waals surface area contributed by atoms with E-state index in [2.05, 4.69) is 34.6 Å². The van der Waals surface area contributed by atoms with Gasteiger partial charge in [0.1, 0.15) is 0 Å². The molecular formula is C26H30N4O2. The van der Waals surface area contributed by atoms with Crippen molar-refractivity contribution in [3.05, 3.63) is 71.2 Å². The molecule has 0 aliphatic carbocycles. The van der Waals surface area contributed by atoms with Crippen molar-refractivity contribution in [2.24, 2.45) is 0 Å². The van der Waals surface area contributed by atoms with Crippen LogP contribution in [0.5, 0.6) is 0 Å². The average Bonchev–Trinajstić information content (AvgIpc) is 3.09. The van der Waals surface area contributed by atoms with Crippen molar-refractivity contribution >= 4 is 28.3 Å². The molecule has 6 nitrogen and oxygen atoms in total. The molecule has 2 aromatic carbocycles. The number of allylic oxidation sites excluding steroid dienone is 1. The molecule has 0 unspecified atom stereocenters. The van der Waals surface area contributed by atoms with Crippen molar-refractivity contribution < 1.29 is 4.79 Å². The van der Waals surface area contributed by atoms with E-state index >= 15 is 0 Å². The van der Waals surface area contributed by atoms with Crippen molar-refractivity contribution in [1.29, 1.82) is 0 Å². The van der Waals surface area contributed by atoms with Crippen molar-refractivity contribution in [2.75, 3.05) is 24.5 Å². The summed E-state index contributed by atoms with van der Waals surface area (Å²) in [4.78, 5) is 30.2. The van der Waals surface area contributed by atoms with Crippen LogP contribution in [0.3, 0.4) is 0 Å². The molecule has 0 atom stereocenters. The minimum absolute atomic E-state index is 0.0240. The van der Waals surface area contributed by atoms with E-state index < -0.39 is 0 Å². The summed E-state index contributed by atoms with van der Waals surface area (Å²) in [6.07, 6.45) is 3.37. The van der Waals surface area contributed by atoms with Crippen LogP contribution in [0.1, 0.15) is 31.7 Å². The second-order valence-corrected chi connectivity index (χ2v) is 8.96. The highest BCUT2D eigenvalue weighted by molar-refractivity contribution is 5.97. The molecule has 2 aliphatic heterocycles. The van der Waals surface area contributed by atoms with E-state index in [9.17, 15) is 9.59 Å². The topological polar surface area (TPSA) is 50.5 Å². The van der Waals surface area contributed by atoms with Gasteiger partial charge in [0.25, 0.3) is 0 Å². The molecule has 5 rings (SSSR count). The first-order chi connectivity index (χ1) is 15.5. The van der Waals surface area contributed by atoms with Crippen LogP contribution in [0.2, 0.25) is 0 Å². The molecule has 6 heteroatoms. The van der Waals surface area contributed by atoms with Gasteiger partial charge in [0.05, 0.1) is 11.0 Å². The van der Waals surface area contributed by atoms with Gasteiger partial charge in [-0.05, 0) is 49.9 Å². The molecule has 3 aromatic rings. The predicted octanol–water partition coefficient (Wildman–Crippen LogP) is 3.74. The molecule has 166 valence electrons. The molecule has 1 amide bonds. The maximum Gasteiger partial charge on any atom is 0.333 e. The Morgan fingerprint density at radius 2 is 1.62 bits per heavy atom. The van der Waals surface area contributed by atoms with Gasteiger partial charge in [0, 0.05) is 50.0 Å². The van der Waals surface area contributed by atoms with E-state index in [0.717, 1.165) is 61.3 Å². The summed E-state index contributed by atoms with van der Waals surface area (Å²) in [5.41, 5.74) is 4.95. The van der Waals surface area contributed by atoms with Crippen LogP contribution in [0.15, 0.2) is 59.9 Å². The fraction of sp³-hybridized carbons (Fsp3) is 0.385. The Morgan fingerprint density at radius 1 is 0.938 bits per heavy atom. The predicted molar refractivity (Wildman–Crippen MR) is 129 cm³/mol. The highest BCUT2D eigenvalue weighted by Gasteiger charge is 2.32. The molecular weight excluding hydrogens is 400 g/mol. The van der Waals surface area contributed by atoms with Gasteiger partial charge in [-0.1, -0.05) is 36.9 Å². The number of likely N-dealkylation sites (tertiary alicyclic amines) is 1. The highest BCUT2D eigenvalue weighted by atomic mass is 16.2. The van der Waals surface area contributed by atoms with Crippen molar-refractivity contribution in [3.8, 4) is 0 Å². The number of imidazole rings is 1. The van der Waals surface area contributed by atoms with Crippen LogP contribution in [0.25, 0.3) is 16.7 Å². The number of fused-ring (bicyclic) bond motifs is 2. The van der Waals surface area contributed by atoms with Crippen LogP contribution in [0.4, 0.5) is 5.69 Å². The molecule has 0 saturated carbocycles. The maximum absolute atomic E-state index is 13.0. The maximum atomic E-state index is 13.0. The smallest absolute Gasteiger partial charge is 0.309 e. The third-order valence-electron chi connectivity index (χ3n) is 6.91. The van der Waals surface area contributed by atoms with Crippen LogP contribution < -0.4 is 10.6 Å². The summed E-state index contributed by atoms with van der Waals surface area (Å²) < 4.78 is 3.56. The van der Waals surface area contributed by atoms with Crippen LogP contribution in [-0.4, -0.2) is 45.6 Å². The SMILES string of the molecule is C=C(C)n1c(=O)n(CCN2CCC(N3C(=O)CCc4ccccc43)CC2)c2ccccc21. The summed E-state index contributed by atoms with van der Waals surface area (Å²) in [5, 5.41) is 0. The number of hydrogen-bond acceptors (Lipinski definition) is 3. The Balaban J connectivity index is 1.27. The monoisotopic (exact) mass is 430 g/mol. The highest BCUT2D eigenvalue weighted by Crippen LogP contribution is 2.32. The quantitative estimate of drug-likeness (QED) is 0.620. The summed E-state index contributed by atoms with van der Waals surface area (Å²) in [5.74, 6) is 0.251. The zero-order chi connectivity index (χ0) is 22.2. The lowest BCUT2D eigenvalue weighted by atomic mass is 9.95. The summed E-state index contributed by atoms with van der Waals surface area (Å²) in [6.45, 7) is 9.19. The number of amides is 1. The minimum atomic E-state index is -0.0240. The lowest BCUT2D eigenvalue weighted by Gasteiger charge is -2.41. The Hall–Kier alpha value is -3.12. The molecule has 3 heterocycles. The number of anilines is 1. The first-order valence-electron chi connectivity index (χ1n) is 11.5. The van der Waals surface area contributed by atoms with E-state index in [-0.39, 0.29) is 17.6 Å². The summed E-state index contributed by atoms with van der Waals surface area (Å²) in [6, 6.07) is 16.5. The number of aryl methyl sites for hydroxylation is 1. The molecule has 0 bridgehead atoms. The summed E-state index contributed by atoms with van der Waals surface area (Å²) >= 11 is 0. The lowest BCUT2D eigenvalue weighted by molar-refractivity contribution is -0.119. The number of rotatable bonds is 5. The van der Waals surface area contributed by atoms with Gasteiger partial charge in [-0.15, -0.1) is 0 Å². The standard InChI is InChI=1S/C26H30N4O2/c1-19(2)29-24-10-6-5-9-23(24)28(26(29)32)18-17-27-15-13-21(14-16-27)30-22-8-4-3-7-20(22)11-12-25(30)31/h3-10,21H,1,11-18H2,2H3. The number of benzene rings is 2. The van der Waals surface area contributed by atoms with Crippen LogP contribution >= 0.6 is 0 Å². The van der Waals surface area contributed by atoms with Gasteiger partial charge in [-0.25, -0.2) is 4.79 Å². The molecule has 0 spiro atoms. The molecule has 32 heavy (non-hydrogen) atoms. The number of hydrogen-bond donors (Lipinski definition) is 0. The molecule has 1 aromatic heterocycles. The summed E-state index contributed by atoms with van der Waals surface area (Å²) in [7, 11) is 0. The Labute approximate surface area is 188 Å². The van der Waals surface area contributed by atoms with E-state index in [4.69, 9.17) is 0 Å². The minimum Gasteiger partial charge on any atom is -0.309 e. The van der Waals surface area contributed by atoms with Gasteiger partial charge in [0.15, 0.2) is 0 Å². The second-order valence-electron chi connectivity index (χ2n) is 8.96. The average molecular weight is 431 g/mol. The molecule has 0 N–H and O–H groups in total. The van der Waals surface area contributed by atoms with Crippen molar-refractivity contribution in [3.63, 3.8) is 0 Å². The number of piperidine rings is 1. The third kappa shape index (κ3) is 3.58. The van der Waals surface area contributed by atoms with E-state index in [1.807, 2.05) is 41.8 Å². The Morgan fingerprint density at radius 3 is 2.38 bits per heavy atom. The molecule has 2 aliphatic rings. The Bertz CT molecular complexity index is 1230. The zero-order valence-electron chi connectivity index (χ0n) is 18.7. The van der Waals surface area contributed by atoms with E-state index in [0.29, 0.717) is 13.0 Å². The largest absolute Gasteiger partial charge is 0.333 e. The number of aromatic nitrogens is 2. The number of carbonyl (C=O) groups excluding carboxylic acids is 1.